The zero-order chi connectivity index (χ0) is 21.8. The number of rotatable bonds is 6. The Kier molecular flexibility index (Phi) is 7.27. The van der Waals surface area contributed by atoms with Gasteiger partial charge in [0.1, 0.15) is 11.4 Å². The standard InChI is InChI=1S/C22H37N5O2/c1-8-9-10-12-17-24-18(16-15-26(7)13-11-14-27(16)17)19(28)25-22(5,20(29)23-6)21(2,3)4/h10,12H,8-9,11,13-15H2,1-7H3,(H,23,29)(H,25,28)/b12-10+/t22-/m0/s1. The Labute approximate surface area is 174 Å². The van der Waals surface area contributed by atoms with Crippen molar-refractivity contribution >= 4 is 17.9 Å². The third-order valence-corrected chi connectivity index (χ3v) is 5.93. The number of unbranched alkanes of at least 4 members (excludes halogenated alkanes) is 1. The molecule has 7 heteroatoms. The minimum atomic E-state index is -1.07. The molecule has 0 fully saturated rings. The van der Waals surface area contributed by atoms with Crippen molar-refractivity contribution < 1.29 is 9.59 Å². The third-order valence-electron chi connectivity index (χ3n) is 5.93. The van der Waals surface area contributed by atoms with Gasteiger partial charge in [0, 0.05) is 20.1 Å². The first-order valence-electron chi connectivity index (χ1n) is 10.5. The number of imidazole rings is 1. The van der Waals surface area contributed by atoms with Crippen LogP contribution in [-0.2, 0) is 17.9 Å². The van der Waals surface area contributed by atoms with Crippen molar-refractivity contribution in [2.24, 2.45) is 5.41 Å². The summed E-state index contributed by atoms with van der Waals surface area (Å²) >= 11 is 0. The van der Waals surface area contributed by atoms with Crippen molar-refractivity contribution in [3.63, 3.8) is 0 Å². The molecule has 0 radical (unpaired) electrons. The summed E-state index contributed by atoms with van der Waals surface area (Å²) in [5.41, 5.74) is -0.217. The van der Waals surface area contributed by atoms with E-state index in [0.29, 0.717) is 12.2 Å². The van der Waals surface area contributed by atoms with Gasteiger partial charge in [-0.1, -0.05) is 40.2 Å². The van der Waals surface area contributed by atoms with E-state index in [2.05, 4.69) is 40.1 Å². The van der Waals surface area contributed by atoms with Gasteiger partial charge in [0.2, 0.25) is 5.91 Å². The normalized spacial score (nSPS) is 17.5. The summed E-state index contributed by atoms with van der Waals surface area (Å²) in [6.45, 7) is 12.2. The second-order valence-electron chi connectivity index (χ2n) is 9.11. The number of fused-ring (bicyclic) bond motifs is 1. The number of nitrogens with one attached hydrogen (secondary N) is 2. The van der Waals surface area contributed by atoms with Crippen LogP contribution in [0.2, 0.25) is 0 Å². The van der Waals surface area contributed by atoms with E-state index in [1.165, 1.54) is 0 Å². The van der Waals surface area contributed by atoms with Crippen molar-refractivity contribution in [3.8, 4) is 0 Å². The topological polar surface area (TPSA) is 79.3 Å². The quantitative estimate of drug-likeness (QED) is 0.765. The van der Waals surface area contributed by atoms with Crippen LogP contribution in [0.25, 0.3) is 6.08 Å². The fourth-order valence-electron chi connectivity index (χ4n) is 3.53. The lowest BCUT2D eigenvalue weighted by atomic mass is 9.74. The molecule has 0 saturated carbocycles. The molecule has 2 rings (SSSR count). The second-order valence-corrected chi connectivity index (χ2v) is 9.11. The molecule has 2 N–H and O–H groups in total. The molecule has 0 unspecified atom stereocenters. The highest BCUT2D eigenvalue weighted by Crippen LogP contribution is 2.31. The molecule has 0 spiro atoms. The molecule has 7 nitrogen and oxygen atoms in total. The van der Waals surface area contributed by atoms with Crippen LogP contribution in [0.15, 0.2) is 6.08 Å². The van der Waals surface area contributed by atoms with Crippen LogP contribution in [0.3, 0.4) is 0 Å². The molecule has 162 valence electrons. The number of hydrogen-bond acceptors (Lipinski definition) is 4. The molecule has 1 aliphatic rings. The Balaban J connectivity index is 2.47. The monoisotopic (exact) mass is 403 g/mol. The molecule has 0 aromatic carbocycles. The molecule has 1 atom stereocenters. The number of aromatic nitrogens is 2. The van der Waals surface area contributed by atoms with Crippen LogP contribution < -0.4 is 10.6 Å². The lowest BCUT2D eigenvalue weighted by molar-refractivity contribution is -0.130. The number of carbonyl (C=O) groups excluding carboxylic acids is 2. The lowest BCUT2D eigenvalue weighted by Gasteiger charge is -2.40. The van der Waals surface area contributed by atoms with E-state index in [1.54, 1.807) is 14.0 Å². The fourth-order valence-corrected chi connectivity index (χ4v) is 3.53. The molecule has 1 aromatic heterocycles. The van der Waals surface area contributed by atoms with Gasteiger partial charge in [-0.05, 0) is 44.8 Å². The molecule has 1 aromatic rings. The molecule has 1 aliphatic heterocycles. The molecule has 29 heavy (non-hydrogen) atoms. The van der Waals surface area contributed by atoms with Gasteiger partial charge in [-0.2, -0.15) is 0 Å². The van der Waals surface area contributed by atoms with Crippen LogP contribution >= 0.6 is 0 Å². The van der Waals surface area contributed by atoms with Crippen molar-refractivity contribution in [2.45, 2.75) is 72.5 Å². The van der Waals surface area contributed by atoms with Crippen molar-refractivity contribution in [1.29, 1.82) is 0 Å². The summed E-state index contributed by atoms with van der Waals surface area (Å²) in [7, 11) is 3.65. The predicted molar refractivity (Wildman–Crippen MR) is 117 cm³/mol. The molecular weight excluding hydrogens is 366 g/mol. The van der Waals surface area contributed by atoms with Crippen LogP contribution in [0.5, 0.6) is 0 Å². The minimum absolute atomic E-state index is 0.219. The Morgan fingerprint density at radius 1 is 1.21 bits per heavy atom. The maximum Gasteiger partial charge on any atom is 0.272 e. The van der Waals surface area contributed by atoms with E-state index < -0.39 is 11.0 Å². The molecule has 2 amide bonds. The maximum atomic E-state index is 13.4. The van der Waals surface area contributed by atoms with E-state index in [1.807, 2.05) is 26.8 Å². The van der Waals surface area contributed by atoms with Gasteiger partial charge in [-0.15, -0.1) is 0 Å². The van der Waals surface area contributed by atoms with Crippen LogP contribution in [0, 0.1) is 5.41 Å². The fraction of sp³-hybridized carbons (Fsp3) is 0.682. The third kappa shape index (κ3) is 4.89. The highest BCUT2D eigenvalue weighted by Gasteiger charge is 2.45. The van der Waals surface area contributed by atoms with Crippen molar-refractivity contribution in [1.82, 2.24) is 25.1 Å². The number of amides is 2. The molecule has 0 aliphatic carbocycles. The Hall–Kier alpha value is -2.15. The smallest absolute Gasteiger partial charge is 0.272 e. The highest BCUT2D eigenvalue weighted by molar-refractivity contribution is 5.99. The SMILES string of the molecule is CCC/C=C/c1nc(C(=O)N[C@@](C)(C(=O)NC)C(C)(C)C)c2n1CCCN(C)C2. The van der Waals surface area contributed by atoms with Crippen molar-refractivity contribution in [2.75, 3.05) is 20.6 Å². The van der Waals surface area contributed by atoms with Crippen LogP contribution in [-0.4, -0.2) is 52.4 Å². The van der Waals surface area contributed by atoms with Gasteiger partial charge in [-0.3, -0.25) is 9.59 Å². The zero-order valence-electron chi connectivity index (χ0n) is 19.1. The summed E-state index contributed by atoms with van der Waals surface area (Å²) in [6, 6.07) is 0. The van der Waals surface area contributed by atoms with Gasteiger partial charge < -0.3 is 20.1 Å². The molecular formula is C22H37N5O2. The largest absolute Gasteiger partial charge is 0.357 e. The molecule has 0 saturated heterocycles. The van der Waals surface area contributed by atoms with Crippen molar-refractivity contribution in [3.05, 3.63) is 23.3 Å². The lowest BCUT2D eigenvalue weighted by Crippen LogP contribution is -2.63. The maximum absolute atomic E-state index is 13.4. The average Bonchev–Trinajstić information content (AvgIpc) is 2.85. The summed E-state index contributed by atoms with van der Waals surface area (Å²) in [5.74, 6) is 0.287. The Morgan fingerprint density at radius 3 is 2.48 bits per heavy atom. The number of nitrogens with zero attached hydrogens (tertiary/aromatic N) is 3. The summed E-state index contributed by atoms with van der Waals surface area (Å²) in [4.78, 5) is 32.9. The van der Waals surface area contributed by atoms with Gasteiger partial charge >= 0.3 is 0 Å². The highest BCUT2D eigenvalue weighted by atomic mass is 16.2. The summed E-state index contributed by atoms with van der Waals surface area (Å²) in [6.07, 6.45) is 7.17. The molecule has 2 heterocycles. The predicted octanol–water partition coefficient (Wildman–Crippen LogP) is 2.81. The second kappa shape index (κ2) is 9.11. The van der Waals surface area contributed by atoms with Gasteiger partial charge in [-0.25, -0.2) is 4.98 Å². The summed E-state index contributed by atoms with van der Waals surface area (Å²) in [5, 5.41) is 5.69. The van der Waals surface area contributed by atoms with Crippen LogP contribution in [0.1, 0.15) is 75.9 Å². The number of hydrogen-bond donors (Lipinski definition) is 2. The Bertz CT molecular complexity index is 775. The number of carbonyl (C=O) groups is 2. The first-order valence-corrected chi connectivity index (χ1v) is 10.5. The van der Waals surface area contributed by atoms with E-state index in [4.69, 9.17) is 4.98 Å². The van der Waals surface area contributed by atoms with E-state index >= 15 is 0 Å². The van der Waals surface area contributed by atoms with E-state index in [9.17, 15) is 9.59 Å². The first-order chi connectivity index (χ1) is 13.5. The zero-order valence-corrected chi connectivity index (χ0v) is 19.1. The molecule has 0 bridgehead atoms. The number of likely N-dealkylation sites (N-methyl/N-ethyl adjacent to an activating group) is 1. The average molecular weight is 404 g/mol. The van der Waals surface area contributed by atoms with Crippen LogP contribution in [0.4, 0.5) is 0 Å². The van der Waals surface area contributed by atoms with Gasteiger partial charge in [0.05, 0.1) is 5.69 Å². The van der Waals surface area contributed by atoms with Gasteiger partial charge in [0.25, 0.3) is 5.91 Å². The first kappa shape index (κ1) is 23.1. The van der Waals surface area contributed by atoms with E-state index in [0.717, 1.165) is 43.9 Å². The van der Waals surface area contributed by atoms with E-state index in [-0.39, 0.29) is 11.8 Å². The Morgan fingerprint density at radius 2 is 1.90 bits per heavy atom. The summed E-state index contributed by atoms with van der Waals surface area (Å²) < 4.78 is 2.15. The van der Waals surface area contributed by atoms with Gasteiger partial charge in [0.15, 0.2) is 5.69 Å². The minimum Gasteiger partial charge on any atom is -0.357 e. The number of allylic oxidation sites excluding steroid dienone is 1.